The van der Waals surface area contributed by atoms with Gasteiger partial charge in [-0.3, -0.25) is 14.6 Å². The van der Waals surface area contributed by atoms with Crippen molar-refractivity contribution in [3.8, 4) is 17.0 Å². The number of carbonyl (C=O) groups excluding carboxylic acids is 2. The molecule has 5 heterocycles. The summed E-state index contributed by atoms with van der Waals surface area (Å²) in [4.78, 5) is 35.7. The van der Waals surface area contributed by atoms with Crippen LogP contribution >= 0.6 is 11.6 Å². The highest BCUT2D eigenvalue weighted by atomic mass is 35.5. The van der Waals surface area contributed by atoms with E-state index in [-0.39, 0.29) is 11.8 Å². The van der Waals surface area contributed by atoms with Gasteiger partial charge in [0.2, 0.25) is 0 Å². The van der Waals surface area contributed by atoms with Gasteiger partial charge in [-0.25, -0.2) is 4.68 Å². The predicted octanol–water partition coefficient (Wildman–Crippen LogP) is 4.65. The van der Waals surface area contributed by atoms with Gasteiger partial charge >= 0.3 is 0 Å². The second-order valence-electron chi connectivity index (χ2n) is 10.3. The number of aromatic nitrogens is 4. The van der Waals surface area contributed by atoms with Gasteiger partial charge in [-0.15, -0.1) is 0 Å². The van der Waals surface area contributed by atoms with Gasteiger partial charge in [-0.1, -0.05) is 54.1 Å². The van der Waals surface area contributed by atoms with E-state index in [9.17, 15) is 9.59 Å². The molecule has 0 saturated carbocycles. The largest absolute Gasteiger partial charge is 0.494 e. The lowest BCUT2D eigenvalue weighted by Crippen LogP contribution is -2.53. The number of hydrogen-bond acceptors (Lipinski definition) is 5. The van der Waals surface area contributed by atoms with E-state index >= 15 is 0 Å². The highest BCUT2D eigenvalue weighted by Crippen LogP contribution is 2.40. The van der Waals surface area contributed by atoms with Crippen LogP contribution in [0.15, 0.2) is 73.1 Å². The monoisotopic (exact) mass is 566 g/mol. The second kappa shape index (κ2) is 9.78. The van der Waals surface area contributed by atoms with Crippen molar-refractivity contribution in [3.05, 3.63) is 95.0 Å². The number of likely N-dealkylation sites (N-methyl/N-ethyl adjacent to an activating group) is 1. The van der Waals surface area contributed by atoms with Crippen molar-refractivity contribution < 1.29 is 14.3 Å². The fraction of sp³-hybridized carbons (Fsp3) is 0.226. The molecule has 2 amide bonds. The van der Waals surface area contributed by atoms with Crippen molar-refractivity contribution in [1.82, 2.24) is 24.2 Å². The predicted molar refractivity (Wildman–Crippen MR) is 156 cm³/mol. The van der Waals surface area contributed by atoms with Crippen LogP contribution in [0, 0.1) is 0 Å². The van der Waals surface area contributed by atoms with E-state index in [0.717, 1.165) is 39.0 Å². The molecule has 7 rings (SSSR count). The lowest BCUT2D eigenvalue weighted by molar-refractivity contribution is -0.123. The molecule has 206 valence electrons. The highest BCUT2D eigenvalue weighted by molar-refractivity contribution is 6.31. The molecule has 0 spiro atoms. The number of methoxy groups -OCH3 is 1. The van der Waals surface area contributed by atoms with E-state index in [1.165, 1.54) is 0 Å². The molecule has 0 N–H and O–H groups in total. The van der Waals surface area contributed by atoms with Gasteiger partial charge in [-0.05, 0) is 30.2 Å². The molecule has 1 atom stereocenters. The first kappa shape index (κ1) is 25.3. The Bertz CT molecular complexity index is 1830. The summed E-state index contributed by atoms with van der Waals surface area (Å²) in [5.41, 5.74) is 5.39. The Balaban J connectivity index is 1.27. The van der Waals surface area contributed by atoms with Gasteiger partial charge in [-0.2, -0.15) is 5.10 Å². The van der Waals surface area contributed by atoms with Crippen LogP contribution in [0.1, 0.15) is 21.6 Å². The Morgan fingerprint density at radius 2 is 1.85 bits per heavy atom. The molecule has 0 bridgehead atoms. The van der Waals surface area contributed by atoms with Gasteiger partial charge in [0.1, 0.15) is 22.6 Å². The van der Waals surface area contributed by atoms with Crippen LogP contribution in [0.4, 0.5) is 5.69 Å². The van der Waals surface area contributed by atoms with Gasteiger partial charge in [0, 0.05) is 42.5 Å². The molecule has 0 radical (unpaired) electrons. The van der Waals surface area contributed by atoms with E-state index in [2.05, 4.69) is 14.6 Å². The van der Waals surface area contributed by atoms with Crippen molar-refractivity contribution in [2.45, 2.75) is 25.6 Å². The first-order valence-electron chi connectivity index (χ1n) is 13.4. The van der Waals surface area contributed by atoms with E-state index in [1.807, 2.05) is 66.9 Å². The van der Waals surface area contributed by atoms with E-state index in [1.54, 1.807) is 34.8 Å². The standard InChI is InChI=1S/C31H27ClN6O3/c1-35-23-11-6-10-20-22(26-25(41-2)12-7-14-33-26)17-36(28(20)23)18-24(30(35)39)37-15-13-21-27(31(37)40)34-38(29(21)32)16-19-8-4-3-5-9-19/h3-12,14,17,24H,13,15-16,18H2,1-2H3/t24-/m0/s1. The molecule has 41 heavy (non-hydrogen) atoms. The first-order chi connectivity index (χ1) is 20.0. The molecule has 9 nitrogen and oxygen atoms in total. The number of amides is 2. The van der Waals surface area contributed by atoms with Crippen LogP contribution in [-0.2, 0) is 24.3 Å². The highest BCUT2D eigenvalue weighted by Gasteiger charge is 2.41. The first-order valence-corrected chi connectivity index (χ1v) is 13.8. The van der Waals surface area contributed by atoms with Gasteiger partial charge in [0.25, 0.3) is 11.8 Å². The number of benzene rings is 2. The lowest BCUT2D eigenvalue weighted by atomic mass is 10.0. The number of fused-ring (bicyclic) bond motifs is 1. The minimum Gasteiger partial charge on any atom is -0.494 e. The quantitative estimate of drug-likeness (QED) is 0.309. The number of pyridine rings is 1. The zero-order valence-electron chi connectivity index (χ0n) is 22.6. The summed E-state index contributed by atoms with van der Waals surface area (Å²) in [5, 5.41) is 6.04. The maximum Gasteiger partial charge on any atom is 0.275 e. The smallest absolute Gasteiger partial charge is 0.275 e. The Hall–Kier alpha value is -4.63. The molecule has 0 aliphatic carbocycles. The molecule has 5 aromatic rings. The third kappa shape index (κ3) is 3.99. The molecule has 2 aromatic carbocycles. The van der Waals surface area contributed by atoms with Crippen molar-refractivity contribution in [2.75, 3.05) is 25.6 Å². The zero-order chi connectivity index (χ0) is 28.2. The Morgan fingerprint density at radius 1 is 1.02 bits per heavy atom. The van der Waals surface area contributed by atoms with Gasteiger partial charge in [0.05, 0.1) is 31.4 Å². The molecular weight excluding hydrogens is 540 g/mol. The van der Waals surface area contributed by atoms with Crippen LogP contribution in [0.3, 0.4) is 0 Å². The molecule has 3 aromatic heterocycles. The minimum atomic E-state index is -0.722. The number of carbonyl (C=O) groups is 2. The second-order valence-corrected chi connectivity index (χ2v) is 10.7. The summed E-state index contributed by atoms with van der Waals surface area (Å²) in [6.45, 7) is 1.13. The van der Waals surface area contributed by atoms with E-state index < -0.39 is 6.04 Å². The summed E-state index contributed by atoms with van der Waals surface area (Å²) >= 11 is 6.70. The van der Waals surface area contributed by atoms with Crippen LogP contribution < -0.4 is 9.64 Å². The fourth-order valence-corrected chi connectivity index (χ4v) is 6.32. The van der Waals surface area contributed by atoms with Crippen molar-refractivity contribution in [2.24, 2.45) is 0 Å². The van der Waals surface area contributed by atoms with E-state index in [4.69, 9.17) is 16.3 Å². The maximum atomic E-state index is 13.9. The number of rotatable bonds is 5. The summed E-state index contributed by atoms with van der Waals surface area (Å²) in [6.07, 6.45) is 4.26. The number of nitrogens with zero attached hydrogens (tertiary/aromatic N) is 6. The van der Waals surface area contributed by atoms with Crippen LogP contribution in [0.5, 0.6) is 5.75 Å². The van der Waals surface area contributed by atoms with E-state index in [0.29, 0.717) is 42.7 Å². The topological polar surface area (TPSA) is 85.5 Å². The molecule has 10 heteroatoms. The SMILES string of the molecule is COc1cccnc1-c1cn2c3c(cccc13)N(C)C(=O)[C@@H](N1CCc3c(nn(Cc4ccccc4)c3Cl)C1=O)C2. The zero-order valence-corrected chi connectivity index (χ0v) is 23.4. The van der Waals surface area contributed by atoms with Crippen molar-refractivity contribution >= 4 is 40.0 Å². The van der Waals surface area contributed by atoms with Crippen LogP contribution in [0.25, 0.3) is 22.2 Å². The third-order valence-corrected chi connectivity index (χ3v) is 8.49. The van der Waals surface area contributed by atoms with Gasteiger partial charge < -0.3 is 19.1 Å². The maximum absolute atomic E-state index is 13.9. The van der Waals surface area contributed by atoms with Crippen molar-refractivity contribution in [1.29, 1.82) is 0 Å². The third-order valence-electron chi connectivity index (χ3n) is 8.07. The Kier molecular flexibility index (Phi) is 6.04. The molecule has 0 fully saturated rings. The summed E-state index contributed by atoms with van der Waals surface area (Å²) in [5.74, 6) is 0.231. The average molecular weight is 567 g/mol. The van der Waals surface area contributed by atoms with Gasteiger partial charge in [0.15, 0.2) is 5.69 Å². The average Bonchev–Trinajstić information content (AvgIpc) is 3.50. The molecule has 0 unspecified atom stereocenters. The number of anilines is 1. The summed E-state index contributed by atoms with van der Waals surface area (Å²) < 4.78 is 9.33. The van der Waals surface area contributed by atoms with Crippen molar-refractivity contribution in [3.63, 3.8) is 0 Å². The minimum absolute atomic E-state index is 0.148. The number of halogens is 1. The normalized spacial score (nSPS) is 16.7. The summed E-state index contributed by atoms with van der Waals surface area (Å²) in [7, 11) is 3.39. The molecule has 2 aliphatic heterocycles. The van der Waals surface area contributed by atoms with Crippen LogP contribution in [-0.4, -0.2) is 62.8 Å². The Labute approximate surface area is 241 Å². The summed E-state index contributed by atoms with van der Waals surface area (Å²) in [6, 6.07) is 18.7. The number of hydrogen-bond donors (Lipinski definition) is 0. The number of ether oxygens (including phenoxy) is 1. The Morgan fingerprint density at radius 3 is 2.66 bits per heavy atom. The fourth-order valence-electron chi connectivity index (χ4n) is 6.04. The lowest BCUT2D eigenvalue weighted by Gasteiger charge is -2.34. The molecular formula is C31H27ClN6O3. The number of para-hydroxylation sites is 1. The van der Waals surface area contributed by atoms with Crippen LogP contribution in [0.2, 0.25) is 5.15 Å². The molecule has 0 saturated heterocycles. The molecule has 2 aliphatic rings.